The van der Waals surface area contributed by atoms with Crippen molar-refractivity contribution in [3.05, 3.63) is 65.4 Å². The Morgan fingerprint density at radius 3 is 2.47 bits per heavy atom. The highest BCUT2D eigenvalue weighted by Gasteiger charge is 2.28. The lowest BCUT2D eigenvalue weighted by molar-refractivity contribution is -0.120. The second-order valence-corrected chi connectivity index (χ2v) is 8.64. The zero-order valence-electron chi connectivity index (χ0n) is 18.6. The molecular formula is C25H27N5O2. The van der Waals surface area contributed by atoms with Gasteiger partial charge in [0, 0.05) is 25.1 Å². The van der Waals surface area contributed by atoms with Crippen molar-refractivity contribution in [3.63, 3.8) is 0 Å². The van der Waals surface area contributed by atoms with E-state index in [1.807, 2.05) is 41.9 Å². The highest BCUT2D eigenvalue weighted by Crippen LogP contribution is 2.27. The monoisotopic (exact) mass is 429 g/mol. The van der Waals surface area contributed by atoms with Gasteiger partial charge < -0.3 is 14.6 Å². The summed E-state index contributed by atoms with van der Waals surface area (Å²) in [6.45, 7) is 7.54. The minimum absolute atomic E-state index is 0.0349. The number of nitrogens with one attached hydrogen (secondary N) is 1. The molecule has 2 aromatic carbocycles. The summed E-state index contributed by atoms with van der Waals surface area (Å²) in [4.78, 5) is 19.8. The Hall–Kier alpha value is -3.61. The van der Waals surface area contributed by atoms with Crippen molar-refractivity contribution in [3.8, 4) is 5.69 Å². The number of aryl methyl sites for hydroxylation is 3. The number of aromatic nitrogens is 3. The molecule has 3 heterocycles. The Morgan fingerprint density at radius 2 is 1.75 bits per heavy atom. The predicted octanol–water partition coefficient (Wildman–Crippen LogP) is 4.79. The summed E-state index contributed by atoms with van der Waals surface area (Å²) in [6, 6.07) is 16.6. The average molecular weight is 430 g/mol. The molecule has 5 rings (SSSR count). The summed E-state index contributed by atoms with van der Waals surface area (Å²) in [6.07, 6.45) is 1.50. The number of rotatable bonds is 4. The van der Waals surface area contributed by atoms with Crippen LogP contribution in [0.5, 0.6) is 0 Å². The quantitative estimate of drug-likeness (QED) is 0.505. The SMILES string of the molecule is Cc1cc(C)cc(-n2nc(C)cc2NC(=O)C2CCN(c3nc4ccccc4o3)CC2)c1. The number of fused-ring (bicyclic) bond motifs is 1. The number of carbonyl (C=O) groups is 1. The van der Waals surface area contributed by atoms with Crippen LogP contribution >= 0.6 is 0 Å². The van der Waals surface area contributed by atoms with Crippen molar-refractivity contribution in [2.24, 2.45) is 5.92 Å². The van der Waals surface area contributed by atoms with Gasteiger partial charge in [-0.1, -0.05) is 18.2 Å². The maximum atomic E-state index is 13.1. The van der Waals surface area contributed by atoms with Crippen molar-refractivity contribution < 1.29 is 9.21 Å². The van der Waals surface area contributed by atoms with Crippen LogP contribution in [0.1, 0.15) is 29.7 Å². The topological polar surface area (TPSA) is 76.2 Å². The summed E-state index contributed by atoms with van der Waals surface area (Å²) < 4.78 is 7.71. The number of hydrogen-bond acceptors (Lipinski definition) is 5. The van der Waals surface area contributed by atoms with E-state index in [0.29, 0.717) is 11.8 Å². The minimum Gasteiger partial charge on any atom is -0.423 e. The first-order chi connectivity index (χ1) is 15.5. The van der Waals surface area contributed by atoms with Crippen LogP contribution in [0.4, 0.5) is 11.8 Å². The molecule has 0 radical (unpaired) electrons. The average Bonchev–Trinajstić information content (AvgIpc) is 3.36. The normalized spacial score (nSPS) is 14.8. The smallest absolute Gasteiger partial charge is 0.298 e. The van der Waals surface area contributed by atoms with Gasteiger partial charge in [-0.25, -0.2) is 4.68 Å². The molecule has 0 atom stereocenters. The van der Waals surface area contributed by atoms with E-state index in [0.717, 1.165) is 59.5 Å². The summed E-state index contributed by atoms with van der Waals surface area (Å²) in [5.41, 5.74) is 5.80. The number of amides is 1. The van der Waals surface area contributed by atoms with Crippen molar-refractivity contribution in [1.29, 1.82) is 0 Å². The fourth-order valence-electron chi connectivity index (χ4n) is 4.41. The van der Waals surface area contributed by atoms with Crippen molar-refractivity contribution >= 4 is 28.8 Å². The van der Waals surface area contributed by atoms with E-state index in [-0.39, 0.29) is 11.8 Å². The third kappa shape index (κ3) is 3.98. The van der Waals surface area contributed by atoms with E-state index in [2.05, 4.69) is 52.3 Å². The maximum Gasteiger partial charge on any atom is 0.298 e. The Labute approximate surface area is 187 Å². The van der Waals surface area contributed by atoms with E-state index in [1.165, 1.54) is 0 Å². The zero-order valence-corrected chi connectivity index (χ0v) is 18.6. The van der Waals surface area contributed by atoms with Gasteiger partial charge in [-0.05, 0) is 69.0 Å². The summed E-state index contributed by atoms with van der Waals surface area (Å²) >= 11 is 0. The highest BCUT2D eigenvalue weighted by atomic mass is 16.4. The Bertz CT molecular complexity index is 1230. The molecule has 0 bridgehead atoms. The van der Waals surface area contributed by atoms with Gasteiger partial charge >= 0.3 is 0 Å². The maximum absolute atomic E-state index is 13.1. The lowest BCUT2D eigenvalue weighted by Gasteiger charge is -2.30. The lowest BCUT2D eigenvalue weighted by Crippen LogP contribution is -2.38. The van der Waals surface area contributed by atoms with E-state index >= 15 is 0 Å². The first-order valence-corrected chi connectivity index (χ1v) is 11.0. The Kier molecular flexibility index (Phi) is 5.17. The summed E-state index contributed by atoms with van der Waals surface area (Å²) in [5.74, 6) is 0.685. The molecule has 1 saturated heterocycles. The second kappa shape index (κ2) is 8.15. The molecule has 1 aliphatic heterocycles. The lowest BCUT2D eigenvalue weighted by atomic mass is 9.96. The molecule has 4 aromatic rings. The number of para-hydroxylation sites is 2. The van der Waals surface area contributed by atoms with Crippen LogP contribution in [0.2, 0.25) is 0 Å². The number of anilines is 2. The zero-order chi connectivity index (χ0) is 22.2. The second-order valence-electron chi connectivity index (χ2n) is 8.64. The standard InChI is InChI=1S/C25H27N5O2/c1-16-12-17(2)14-20(13-16)30-23(15-18(3)28-30)27-24(31)19-8-10-29(11-9-19)25-26-21-6-4-5-7-22(21)32-25/h4-7,12-15,19H,8-11H2,1-3H3,(H,27,31). The third-order valence-electron chi connectivity index (χ3n) is 5.95. The number of hydrogen-bond donors (Lipinski definition) is 1. The predicted molar refractivity (Wildman–Crippen MR) is 125 cm³/mol. The molecule has 0 spiro atoms. The number of benzene rings is 2. The number of carbonyl (C=O) groups excluding carboxylic acids is 1. The highest BCUT2D eigenvalue weighted by molar-refractivity contribution is 5.92. The molecule has 0 saturated carbocycles. The van der Waals surface area contributed by atoms with Crippen molar-refractivity contribution in [2.75, 3.05) is 23.3 Å². The molecule has 2 aromatic heterocycles. The Morgan fingerprint density at radius 1 is 1.03 bits per heavy atom. The first-order valence-electron chi connectivity index (χ1n) is 11.0. The van der Waals surface area contributed by atoms with Crippen LogP contribution in [-0.4, -0.2) is 33.8 Å². The van der Waals surface area contributed by atoms with Crippen LogP contribution in [0.3, 0.4) is 0 Å². The summed E-state index contributed by atoms with van der Waals surface area (Å²) in [7, 11) is 0. The van der Waals surface area contributed by atoms with Gasteiger partial charge in [0.1, 0.15) is 11.3 Å². The fraction of sp³-hybridized carbons (Fsp3) is 0.320. The van der Waals surface area contributed by atoms with Crippen LogP contribution in [0, 0.1) is 26.7 Å². The van der Waals surface area contributed by atoms with Gasteiger partial charge in [-0.2, -0.15) is 10.1 Å². The van der Waals surface area contributed by atoms with E-state index in [4.69, 9.17) is 4.42 Å². The Balaban J connectivity index is 1.27. The van der Waals surface area contributed by atoms with Gasteiger partial charge in [0.15, 0.2) is 5.58 Å². The van der Waals surface area contributed by atoms with Crippen LogP contribution in [0.25, 0.3) is 16.8 Å². The van der Waals surface area contributed by atoms with Gasteiger partial charge in [-0.15, -0.1) is 0 Å². The molecule has 1 amide bonds. The fourth-order valence-corrected chi connectivity index (χ4v) is 4.41. The van der Waals surface area contributed by atoms with Gasteiger partial charge in [0.2, 0.25) is 5.91 Å². The number of oxazole rings is 1. The molecule has 1 aliphatic rings. The molecule has 7 heteroatoms. The molecule has 0 unspecified atom stereocenters. The molecule has 164 valence electrons. The molecule has 32 heavy (non-hydrogen) atoms. The van der Waals surface area contributed by atoms with Crippen LogP contribution < -0.4 is 10.2 Å². The molecule has 1 N–H and O–H groups in total. The summed E-state index contributed by atoms with van der Waals surface area (Å²) in [5, 5.41) is 7.73. The van der Waals surface area contributed by atoms with E-state index in [1.54, 1.807) is 0 Å². The van der Waals surface area contributed by atoms with Crippen LogP contribution in [0.15, 0.2) is 52.9 Å². The molecule has 7 nitrogen and oxygen atoms in total. The molecule has 0 aliphatic carbocycles. The van der Waals surface area contributed by atoms with Gasteiger partial charge in [0.25, 0.3) is 6.01 Å². The largest absolute Gasteiger partial charge is 0.423 e. The minimum atomic E-state index is -0.0569. The van der Waals surface area contributed by atoms with E-state index in [9.17, 15) is 4.79 Å². The first kappa shape index (κ1) is 20.3. The van der Waals surface area contributed by atoms with Gasteiger partial charge in [0.05, 0.1) is 11.4 Å². The van der Waals surface area contributed by atoms with Crippen molar-refractivity contribution in [1.82, 2.24) is 14.8 Å². The third-order valence-corrected chi connectivity index (χ3v) is 5.95. The van der Waals surface area contributed by atoms with Crippen LogP contribution in [-0.2, 0) is 4.79 Å². The van der Waals surface area contributed by atoms with Crippen molar-refractivity contribution in [2.45, 2.75) is 33.6 Å². The van der Waals surface area contributed by atoms with Gasteiger partial charge in [-0.3, -0.25) is 4.79 Å². The molecular weight excluding hydrogens is 402 g/mol. The molecule has 1 fully saturated rings. The number of nitrogens with zero attached hydrogens (tertiary/aromatic N) is 4. The van der Waals surface area contributed by atoms with E-state index < -0.39 is 0 Å². The number of piperidine rings is 1.